The number of hydrogen-bond acceptors (Lipinski definition) is 6. The van der Waals surface area contributed by atoms with Crippen LogP contribution in [0.2, 0.25) is 0 Å². The van der Waals surface area contributed by atoms with Crippen LogP contribution in [0.4, 0.5) is 0 Å². The third-order valence-corrected chi connectivity index (χ3v) is 7.76. The zero-order chi connectivity index (χ0) is 25.2. The topological polar surface area (TPSA) is 78.7 Å². The summed E-state index contributed by atoms with van der Waals surface area (Å²) in [5, 5.41) is 5.59. The Kier molecular flexibility index (Phi) is 9.69. The van der Waals surface area contributed by atoms with E-state index in [0.29, 0.717) is 24.2 Å². The minimum absolute atomic E-state index is 0.164. The first-order valence-electron chi connectivity index (χ1n) is 12.9. The van der Waals surface area contributed by atoms with Gasteiger partial charge in [-0.25, -0.2) is 4.98 Å². The molecule has 1 N–H and O–H groups in total. The number of hydrogen-bond donors (Lipinski definition) is 1. The lowest BCUT2D eigenvalue weighted by Crippen LogP contribution is -2.38. The van der Waals surface area contributed by atoms with Gasteiger partial charge in [0.2, 0.25) is 5.91 Å². The van der Waals surface area contributed by atoms with Crippen LogP contribution < -0.4 is 5.32 Å². The zero-order valence-corrected chi connectivity index (χ0v) is 21.7. The predicted molar refractivity (Wildman–Crippen MR) is 143 cm³/mol. The molecule has 2 aromatic heterocycles. The average Bonchev–Trinajstić information content (AvgIpc) is 3.60. The molecule has 8 heteroatoms. The first-order valence-corrected chi connectivity index (χ1v) is 13.8. The summed E-state index contributed by atoms with van der Waals surface area (Å²) in [5.74, 6) is 1.04. The molecule has 7 nitrogen and oxygen atoms in total. The molecule has 2 aliphatic rings. The molecule has 0 radical (unpaired) electrons. The first-order chi connectivity index (χ1) is 17.6. The number of thiazole rings is 1. The highest BCUT2D eigenvalue weighted by molar-refractivity contribution is 7.09. The van der Waals surface area contributed by atoms with Crippen LogP contribution in [0.15, 0.2) is 64.8 Å². The van der Waals surface area contributed by atoms with Crippen molar-refractivity contribution in [3.63, 3.8) is 0 Å². The number of allylic oxidation sites excluding steroid dienone is 3. The number of carbonyl (C=O) groups is 2. The maximum absolute atomic E-state index is 12.6. The van der Waals surface area contributed by atoms with Crippen molar-refractivity contribution in [1.29, 1.82) is 0 Å². The Morgan fingerprint density at radius 3 is 2.72 bits per heavy atom. The number of nitrogens with zero attached hydrogens (tertiary/aromatic N) is 3. The molecule has 36 heavy (non-hydrogen) atoms. The molecule has 2 aliphatic heterocycles. The largest absolute Gasteiger partial charge is 0.469 e. The summed E-state index contributed by atoms with van der Waals surface area (Å²) in [7, 11) is 0. The summed E-state index contributed by atoms with van der Waals surface area (Å²) < 4.78 is 5.32. The van der Waals surface area contributed by atoms with Gasteiger partial charge in [-0.3, -0.25) is 14.5 Å². The van der Waals surface area contributed by atoms with Crippen LogP contribution in [0.25, 0.3) is 0 Å². The highest BCUT2D eigenvalue weighted by atomic mass is 32.1. The molecule has 0 spiro atoms. The van der Waals surface area contributed by atoms with Crippen molar-refractivity contribution in [3.8, 4) is 0 Å². The van der Waals surface area contributed by atoms with Gasteiger partial charge in [-0.15, -0.1) is 11.3 Å². The van der Waals surface area contributed by atoms with Crippen LogP contribution in [0.3, 0.4) is 0 Å². The van der Waals surface area contributed by atoms with Gasteiger partial charge in [0.1, 0.15) is 11.5 Å². The number of furan rings is 1. The zero-order valence-electron chi connectivity index (χ0n) is 20.9. The third-order valence-electron chi connectivity index (χ3n) is 6.75. The van der Waals surface area contributed by atoms with Crippen molar-refractivity contribution in [1.82, 2.24) is 20.1 Å². The van der Waals surface area contributed by atoms with Crippen LogP contribution in [0.5, 0.6) is 0 Å². The number of aromatic nitrogens is 1. The number of rotatable bonds is 10. The van der Waals surface area contributed by atoms with Crippen LogP contribution in [0, 0.1) is 0 Å². The second-order valence-electron chi connectivity index (χ2n) is 9.43. The van der Waals surface area contributed by atoms with E-state index in [9.17, 15) is 9.59 Å². The Morgan fingerprint density at radius 2 is 1.97 bits per heavy atom. The first kappa shape index (κ1) is 26.1. The van der Waals surface area contributed by atoms with E-state index in [1.165, 1.54) is 43.7 Å². The van der Waals surface area contributed by atoms with E-state index < -0.39 is 0 Å². The van der Waals surface area contributed by atoms with Gasteiger partial charge in [0.25, 0.3) is 5.91 Å². The van der Waals surface area contributed by atoms with Gasteiger partial charge in [-0.05, 0) is 57.0 Å². The highest BCUT2D eigenvalue weighted by Crippen LogP contribution is 2.30. The van der Waals surface area contributed by atoms with Gasteiger partial charge < -0.3 is 14.6 Å². The molecule has 0 saturated carbocycles. The Morgan fingerprint density at radius 1 is 1.17 bits per heavy atom. The second-order valence-corrected chi connectivity index (χ2v) is 10.3. The standard InChI is InChI=1S/C28H36N4O3S/c1-22(9-4-2-5-15-31-16-6-3-7-17-31)29-27(34)25-21-36-28(30-25)23-13-18-32(19-14-23)26(33)12-11-24-10-8-20-35-24/h2,4-5,8-10,20-21,23H,1,3,6-7,11-19H2,(H,29,34)/b5-2-,9-4-. The minimum Gasteiger partial charge on any atom is -0.469 e. The number of likely N-dealkylation sites (tertiary alicyclic amines) is 2. The Balaban J connectivity index is 1.17. The van der Waals surface area contributed by atoms with E-state index in [1.54, 1.807) is 17.7 Å². The molecule has 0 aliphatic carbocycles. The molecule has 4 heterocycles. The van der Waals surface area contributed by atoms with E-state index >= 15 is 0 Å². The van der Waals surface area contributed by atoms with Crippen molar-refractivity contribution in [2.45, 2.75) is 50.9 Å². The predicted octanol–water partition coefficient (Wildman–Crippen LogP) is 4.92. The molecule has 0 bridgehead atoms. The van der Waals surface area contributed by atoms with Gasteiger partial charge >= 0.3 is 0 Å². The van der Waals surface area contributed by atoms with Crippen LogP contribution >= 0.6 is 11.3 Å². The lowest BCUT2D eigenvalue weighted by atomic mass is 9.97. The van der Waals surface area contributed by atoms with Crippen LogP contribution in [-0.2, 0) is 11.2 Å². The molecular weight excluding hydrogens is 472 g/mol. The van der Waals surface area contributed by atoms with E-state index in [0.717, 1.165) is 43.2 Å². The van der Waals surface area contributed by atoms with Crippen molar-refractivity contribution in [3.05, 3.63) is 76.8 Å². The van der Waals surface area contributed by atoms with Crippen LogP contribution in [-0.4, -0.2) is 59.3 Å². The Bertz CT molecular complexity index is 1060. The molecule has 2 saturated heterocycles. The maximum atomic E-state index is 12.6. The van der Waals surface area contributed by atoms with Crippen LogP contribution in [0.1, 0.15) is 65.7 Å². The van der Waals surface area contributed by atoms with Crippen molar-refractivity contribution < 1.29 is 14.0 Å². The number of piperidine rings is 2. The van der Waals surface area contributed by atoms with Gasteiger partial charge in [0, 0.05) is 49.5 Å². The number of carbonyl (C=O) groups excluding carboxylic acids is 2. The Labute approximate surface area is 217 Å². The summed E-state index contributed by atoms with van der Waals surface area (Å²) in [6.45, 7) is 8.68. The quantitative estimate of drug-likeness (QED) is 0.461. The highest BCUT2D eigenvalue weighted by Gasteiger charge is 2.26. The fraction of sp³-hybridized carbons (Fsp3) is 0.464. The van der Waals surface area contributed by atoms with Gasteiger partial charge in [0.15, 0.2) is 0 Å². The third kappa shape index (κ3) is 7.77. The lowest BCUT2D eigenvalue weighted by molar-refractivity contribution is -0.132. The molecule has 0 unspecified atom stereocenters. The second kappa shape index (κ2) is 13.4. The summed E-state index contributed by atoms with van der Waals surface area (Å²) >= 11 is 1.52. The number of amides is 2. The molecule has 0 atom stereocenters. The van der Waals surface area contributed by atoms with Gasteiger partial charge in [0.05, 0.1) is 11.3 Å². The van der Waals surface area contributed by atoms with Crippen molar-refractivity contribution in [2.24, 2.45) is 0 Å². The van der Waals surface area contributed by atoms with Crippen molar-refractivity contribution >= 4 is 23.2 Å². The van der Waals surface area contributed by atoms with Gasteiger partial charge in [-0.2, -0.15) is 0 Å². The summed E-state index contributed by atoms with van der Waals surface area (Å²) in [4.78, 5) is 34.1. The maximum Gasteiger partial charge on any atom is 0.275 e. The summed E-state index contributed by atoms with van der Waals surface area (Å²) in [5.41, 5.74) is 0.959. The Hall–Kier alpha value is -2.97. The van der Waals surface area contributed by atoms with E-state index in [-0.39, 0.29) is 17.7 Å². The van der Waals surface area contributed by atoms with E-state index in [2.05, 4.69) is 27.9 Å². The van der Waals surface area contributed by atoms with Crippen molar-refractivity contribution in [2.75, 3.05) is 32.7 Å². The normalized spacial score (nSPS) is 17.7. The summed E-state index contributed by atoms with van der Waals surface area (Å²) in [6, 6.07) is 3.74. The molecule has 192 valence electrons. The average molecular weight is 509 g/mol. The SMILES string of the molecule is C=C(/C=C\C=C/CN1CCCCC1)NC(=O)c1csc(C2CCN(C(=O)CCc3ccco3)CC2)n1. The molecule has 2 aromatic rings. The lowest BCUT2D eigenvalue weighted by Gasteiger charge is -2.31. The molecule has 0 aromatic carbocycles. The number of nitrogens with one attached hydrogen (secondary N) is 1. The monoisotopic (exact) mass is 508 g/mol. The molecule has 2 amide bonds. The van der Waals surface area contributed by atoms with Gasteiger partial charge in [-0.1, -0.05) is 31.2 Å². The van der Waals surface area contributed by atoms with E-state index in [4.69, 9.17) is 4.42 Å². The molecular formula is C28H36N4O3S. The molecule has 2 fully saturated rings. The van der Waals surface area contributed by atoms with E-state index in [1.807, 2.05) is 29.2 Å². The minimum atomic E-state index is -0.241. The molecule has 4 rings (SSSR count). The fourth-order valence-corrected chi connectivity index (χ4v) is 5.62. The smallest absolute Gasteiger partial charge is 0.275 e. The number of aryl methyl sites for hydroxylation is 1. The fourth-order valence-electron chi connectivity index (χ4n) is 4.65. The summed E-state index contributed by atoms with van der Waals surface area (Å²) in [6.07, 6.45) is 16.2.